The van der Waals surface area contributed by atoms with Gasteiger partial charge in [-0.05, 0) is 32.4 Å². The standard InChI is InChI=1S/C14H19N3OS/c1-4-11-8-16-13(19-11)9-17-14-12(18-10(2)3)6-5-7-15-14/h5-8,10H,4,9H2,1-3H3,(H,15,17). The van der Waals surface area contributed by atoms with Gasteiger partial charge in [0.25, 0.3) is 0 Å². The molecular weight excluding hydrogens is 258 g/mol. The Morgan fingerprint density at radius 3 is 2.89 bits per heavy atom. The Bertz CT molecular complexity index is 525. The molecular formula is C14H19N3OS. The minimum absolute atomic E-state index is 0.135. The summed E-state index contributed by atoms with van der Waals surface area (Å²) in [7, 11) is 0. The van der Waals surface area contributed by atoms with Gasteiger partial charge in [0.1, 0.15) is 5.01 Å². The topological polar surface area (TPSA) is 47.0 Å². The van der Waals surface area contributed by atoms with Crippen molar-refractivity contribution in [2.75, 3.05) is 5.32 Å². The van der Waals surface area contributed by atoms with Crippen LogP contribution in [0.3, 0.4) is 0 Å². The van der Waals surface area contributed by atoms with Crippen molar-refractivity contribution < 1.29 is 4.74 Å². The fourth-order valence-electron chi connectivity index (χ4n) is 1.62. The van der Waals surface area contributed by atoms with Gasteiger partial charge in [0.2, 0.25) is 0 Å². The lowest BCUT2D eigenvalue weighted by Crippen LogP contribution is -2.09. The van der Waals surface area contributed by atoms with Crippen molar-refractivity contribution >= 4 is 17.2 Å². The quantitative estimate of drug-likeness (QED) is 0.878. The van der Waals surface area contributed by atoms with E-state index in [4.69, 9.17) is 4.74 Å². The Morgan fingerprint density at radius 1 is 1.37 bits per heavy atom. The van der Waals surface area contributed by atoms with Crippen LogP contribution in [0.2, 0.25) is 0 Å². The number of anilines is 1. The zero-order chi connectivity index (χ0) is 13.7. The van der Waals surface area contributed by atoms with Gasteiger partial charge in [0.15, 0.2) is 11.6 Å². The molecule has 0 amide bonds. The maximum atomic E-state index is 5.72. The van der Waals surface area contributed by atoms with Gasteiger partial charge >= 0.3 is 0 Å². The summed E-state index contributed by atoms with van der Waals surface area (Å²) in [6.45, 7) is 6.82. The lowest BCUT2D eigenvalue weighted by atomic mass is 10.4. The van der Waals surface area contributed by atoms with Crippen LogP contribution in [0.4, 0.5) is 5.82 Å². The zero-order valence-corrected chi connectivity index (χ0v) is 12.3. The molecule has 1 N–H and O–H groups in total. The van der Waals surface area contributed by atoms with E-state index in [2.05, 4.69) is 22.2 Å². The van der Waals surface area contributed by atoms with Crippen molar-refractivity contribution in [3.8, 4) is 5.75 Å². The molecule has 0 unspecified atom stereocenters. The van der Waals surface area contributed by atoms with E-state index >= 15 is 0 Å². The second-order valence-electron chi connectivity index (χ2n) is 4.44. The minimum atomic E-state index is 0.135. The number of hydrogen-bond acceptors (Lipinski definition) is 5. The van der Waals surface area contributed by atoms with Crippen molar-refractivity contribution in [1.29, 1.82) is 0 Å². The first-order valence-electron chi connectivity index (χ1n) is 6.48. The van der Waals surface area contributed by atoms with Crippen LogP contribution < -0.4 is 10.1 Å². The summed E-state index contributed by atoms with van der Waals surface area (Å²) < 4.78 is 5.72. The van der Waals surface area contributed by atoms with Gasteiger partial charge in [-0.2, -0.15) is 0 Å². The van der Waals surface area contributed by atoms with Crippen LogP contribution >= 0.6 is 11.3 Å². The number of nitrogens with zero attached hydrogens (tertiary/aromatic N) is 2. The molecule has 0 radical (unpaired) electrons. The lowest BCUT2D eigenvalue weighted by Gasteiger charge is -2.13. The Labute approximate surface area is 117 Å². The van der Waals surface area contributed by atoms with Gasteiger partial charge in [-0.3, -0.25) is 0 Å². The van der Waals surface area contributed by atoms with E-state index in [9.17, 15) is 0 Å². The highest BCUT2D eigenvalue weighted by atomic mass is 32.1. The first-order valence-corrected chi connectivity index (χ1v) is 7.29. The maximum absolute atomic E-state index is 5.72. The first-order chi connectivity index (χ1) is 9.19. The molecule has 0 aliphatic carbocycles. The molecule has 0 aliphatic heterocycles. The van der Waals surface area contributed by atoms with Crippen molar-refractivity contribution in [3.05, 3.63) is 34.4 Å². The van der Waals surface area contributed by atoms with Gasteiger partial charge in [0, 0.05) is 17.3 Å². The summed E-state index contributed by atoms with van der Waals surface area (Å²) in [5.74, 6) is 1.55. The number of aromatic nitrogens is 2. The van der Waals surface area contributed by atoms with E-state index in [1.807, 2.05) is 32.2 Å². The van der Waals surface area contributed by atoms with Gasteiger partial charge in [-0.25, -0.2) is 9.97 Å². The highest BCUT2D eigenvalue weighted by molar-refractivity contribution is 7.11. The molecule has 2 aromatic heterocycles. The molecule has 0 atom stereocenters. The van der Waals surface area contributed by atoms with Crippen LogP contribution in [-0.4, -0.2) is 16.1 Å². The molecule has 102 valence electrons. The zero-order valence-electron chi connectivity index (χ0n) is 11.5. The van der Waals surface area contributed by atoms with Crippen molar-refractivity contribution in [2.45, 2.75) is 39.8 Å². The molecule has 2 heterocycles. The van der Waals surface area contributed by atoms with Gasteiger partial charge in [-0.15, -0.1) is 11.3 Å². The maximum Gasteiger partial charge on any atom is 0.169 e. The molecule has 2 rings (SSSR count). The lowest BCUT2D eigenvalue weighted by molar-refractivity contribution is 0.243. The minimum Gasteiger partial charge on any atom is -0.487 e. The average molecular weight is 277 g/mol. The summed E-state index contributed by atoms with van der Waals surface area (Å²) in [5, 5.41) is 4.35. The normalized spacial score (nSPS) is 10.7. The number of nitrogens with one attached hydrogen (secondary N) is 1. The third-order valence-corrected chi connectivity index (χ3v) is 3.63. The number of ether oxygens (including phenoxy) is 1. The van der Waals surface area contributed by atoms with Crippen molar-refractivity contribution in [2.24, 2.45) is 0 Å². The molecule has 19 heavy (non-hydrogen) atoms. The predicted octanol–water partition coefficient (Wildman–Crippen LogP) is 3.50. The Kier molecular flexibility index (Phi) is 4.74. The van der Waals surface area contributed by atoms with E-state index in [1.165, 1.54) is 4.88 Å². The summed E-state index contributed by atoms with van der Waals surface area (Å²) in [5.41, 5.74) is 0. The molecule has 4 nitrogen and oxygen atoms in total. The third kappa shape index (κ3) is 3.92. The predicted molar refractivity (Wildman–Crippen MR) is 78.8 cm³/mol. The van der Waals surface area contributed by atoms with E-state index in [-0.39, 0.29) is 6.10 Å². The summed E-state index contributed by atoms with van der Waals surface area (Å²) >= 11 is 1.73. The monoisotopic (exact) mass is 277 g/mol. The van der Waals surface area contributed by atoms with Gasteiger partial charge in [-0.1, -0.05) is 6.92 Å². The number of hydrogen-bond donors (Lipinski definition) is 1. The van der Waals surface area contributed by atoms with Crippen LogP contribution in [0.15, 0.2) is 24.5 Å². The third-order valence-electron chi connectivity index (χ3n) is 2.49. The average Bonchev–Trinajstić information content (AvgIpc) is 2.85. The Hall–Kier alpha value is -1.62. The van der Waals surface area contributed by atoms with Crippen molar-refractivity contribution in [3.63, 3.8) is 0 Å². The molecule has 2 aromatic rings. The highest BCUT2D eigenvalue weighted by Gasteiger charge is 2.07. The Balaban J connectivity index is 2.02. The second kappa shape index (κ2) is 6.52. The van der Waals surface area contributed by atoms with Crippen LogP contribution in [0.5, 0.6) is 5.75 Å². The van der Waals surface area contributed by atoms with E-state index in [1.54, 1.807) is 17.5 Å². The van der Waals surface area contributed by atoms with E-state index in [0.717, 1.165) is 23.0 Å². The molecule has 0 saturated carbocycles. The molecule has 5 heteroatoms. The first kappa shape index (κ1) is 13.8. The fourth-order valence-corrected chi connectivity index (χ4v) is 2.43. The fraction of sp³-hybridized carbons (Fsp3) is 0.429. The number of aryl methyl sites for hydroxylation is 1. The summed E-state index contributed by atoms with van der Waals surface area (Å²) in [6, 6.07) is 3.80. The molecule has 0 fully saturated rings. The highest BCUT2D eigenvalue weighted by Crippen LogP contribution is 2.23. The Morgan fingerprint density at radius 2 is 2.21 bits per heavy atom. The molecule has 0 bridgehead atoms. The van der Waals surface area contributed by atoms with E-state index in [0.29, 0.717) is 6.54 Å². The number of rotatable bonds is 6. The summed E-state index contributed by atoms with van der Waals surface area (Å²) in [6.07, 6.45) is 4.86. The van der Waals surface area contributed by atoms with Gasteiger partial charge < -0.3 is 10.1 Å². The van der Waals surface area contributed by atoms with Crippen LogP contribution in [0.25, 0.3) is 0 Å². The molecule has 0 aliphatic rings. The second-order valence-corrected chi connectivity index (χ2v) is 5.64. The van der Waals surface area contributed by atoms with Crippen LogP contribution in [0, 0.1) is 0 Å². The number of pyridine rings is 1. The molecule has 0 aromatic carbocycles. The number of thiazole rings is 1. The largest absolute Gasteiger partial charge is 0.487 e. The van der Waals surface area contributed by atoms with Crippen LogP contribution in [-0.2, 0) is 13.0 Å². The van der Waals surface area contributed by atoms with Crippen molar-refractivity contribution in [1.82, 2.24) is 9.97 Å². The van der Waals surface area contributed by atoms with Gasteiger partial charge in [0.05, 0.1) is 12.6 Å². The molecule has 0 saturated heterocycles. The van der Waals surface area contributed by atoms with Crippen LogP contribution in [0.1, 0.15) is 30.7 Å². The smallest absolute Gasteiger partial charge is 0.169 e. The van der Waals surface area contributed by atoms with E-state index < -0.39 is 0 Å². The SMILES string of the molecule is CCc1cnc(CNc2ncccc2OC(C)C)s1. The molecule has 0 spiro atoms. The summed E-state index contributed by atoms with van der Waals surface area (Å²) in [4.78, 5) is 10.00.